The monoisotopic (exact) mass is 293 g/mol. The summed E-state index contributed by atoms with van der Waals surface area (Å²) in [7, 11) is 1.14. The van der Waals surface area contributed by atoms with Crippen LogP contribution in [0.3, 0.4) is 0 Å². The summed E-state index contributed by atoms with van der Waals surface area (Å²) in [5.74, 6) is -0.809. The first-order valence-corrected chi connectivity index (χ1v) is 4.86. The molecule has 80 valence electrons. The number of carbonyl (C=O) groups is 1. The van der Waals surface area contributed by atoms with E-state index in [0.29, 0.717) is 0 Å². The Morgan fingerprint density at radius 2 is 2.20 bits per heavy atom. The van der Waals surface area contributed by atoms with Gasteiger partial charge in [0, 0.05) is 4.47 Å². The van der Waals surface area contributed by atoms with E-state index >= 15 is 0 Å². The van der Waals surface area contributed by atoms with Crippen LogP contribution in [0.4, 0.5) is 5.69 Å². The van der Waals surface area contributed by atoms with Crippen molar-refractivity contribution in [3.8, 4) is 0 Å². The fraction of sp³-hybridized carbons (Fsp3) is 0.125. The fourth-order valence-corrected chi connectivity index (χ4v) is 1.72. The second-order valence-electron chi connectivity index (χ2n) is 2.50. The molecule has 0 aliphatic carbocycles. The number of halogens is 2. The molecule has 0 aromatic heterocycles. The lowest BCUT2D eigenvalue weighted by atomic mass is 10.2. The number of nitrogens with zero attached hydrogens (tertiary/aromatic N) is 1. The van der Waals surface area contributed by atoms with Crippen molar-refractivity contribution in [2.24, 2.45) is 0 Å². The molecule has 5 nitrogen and oxygen atoms in total. The number of hydrogen-bond acceptors (Lipinski definition) is 4. The predicted octanol–water partition coefficient (Wildman–Crippen LogP) is 2.80. The zero-order chi connectivity index (χ0) is 11.6. The van der Waals surface area contributed by atoms with E-state index in [-0.39, 0.29) is 15.1 Å². The highest BCUT2D eigenvalue weighted by atomic mass is 79.9. The van der Waals surface area contributed by atoms with Gasteiger partial charge in [-0.05, 0) is 28.1 Å². The van der Waals surface area contributed by atoms with Crippen LogP contribution in [0.25, 0.3) is 0 Å². The van der Waals surface area contributed by atoms with Crippen molar-refractivity contribution in [2.75, 3.05) is 7.11 Å². The molecule has 0 aliphatic heterocycles. The van der Waals surface area contributed by atoms with E-state index in [1.807, 2.05) is 0 Å². The van der Waals surface area contributed by atoms with Crippen molar-refractivity contribution in [1.82, 2.24) is 0 Å². The Balaban J connectivity index is 3.52. The molecule has 0 amide bonds. The number of methoxy groups -OCH3 is 1. The Bertz CT molecular complexity index is 435. The predicted molar refractivity (Wildman–Crippen MR) is 57.1 cm³/mol. The molecular weight excluding hydrogens is 289 g/mol. The number of nitro benzene ring substituents is 1. The Labute approximate surface area is 98.3 Å². The van der Waals surface area contributed by atoms with Gasteiger partial charge in [0.1, 0.15) is 5.02 Å². The molecule has 0 unspecified atom stereocenters. The van der Waals surface area contributed by atoms with E-state index < -0.39 is 16.6 Å². The molecule has 0 aliphatic rings. The highest BCUT2D eigenvalue weighted by Crippen LogP contribution is 2.34. The van der Waals surface area contributed by atoms with Crippen molar-refractivity contribution in [3.05, 3.63) is 37.3 Å². The third-order valence-corrected chi connectivity index (χ3v) is 2.62. The van der Waals surface area contributed by atoms with Crippen molar-refractivity contribution in [3.63, 3.8) is 0 Å². The molecule has 0 saturated carbocycles. The standard InChI is InChI=1S/C8H5BrClNO4/c1-15-8(12)6-4(9)2-3-5(10)7(6)11(13)14/h2-3H,1H3. The summed E-state index contributed by atoms with van der Waals surface area (Å²) in [4.78, 5) is 21.3. The van der Waals surface area contributed by atoms with Gasteiger partial charge in [0.05, 0.1) is 12.0 Å². The molecule has 0 saturated heterocycles. The van der Waals surface area contributed by atoms with Crippen LogP contribution >= 0.6 is 27.5 Å². The summed E-state index contributed by atoms with van der Waals surface area (Å²) >= 11 is 8.65. The minimum absolute atomic E-state index is 0.108. The average Bonchev–Trinajstić information content (AvgIpc) is 2.19. The second kappa shape index (κ2) is 4.59. The number of hydrogen-bond donors (Lipinski definition) is 0. The van der Waals surface area contributed by atoms with E-state index in [4.69, 9.17) is 11.6 Å². The van der Waals surface area contributed by atoms with Crippen LogP contribution in [0.5, 0.6) is 0 Å². The number of nitro groups is 1. The normalized spacial score (nSPS) is 9.80. The molecule has 0 bridgehead atoms. The highest BCUT2D eigenvalue weighted by molar-refractivity contribution is 9.10. The number of benzene rings is 1. The minimum atomic E-state index is -0.809. The Hall–Kier alpha value is -1.14. The Morgan fingerprint density at radius 3 is 2.67 bits per heavy atom. The smallest absolute Gasteiger partial charge is 0.346 e. The van der Waals surface area contributed by atoms with Gasteiger partial charge in [0.25, 0.3) is 0 Å². The van der Waals surface area contributed by atoms with Crippen LogP contribution in [0.2, 0.25) is 5.02 Å². The molecule has 0 fully saturated rings. The topological polar surface area (TPSA) is 69.4 Å². The number of esters is 1. The molecule has 0 atom stereocenters. The van der Waals surface area contributed by atoms with Gasteiger partial charge in [-0.3, -0.25) is 10.1 Å². The molecule has 0 radical (unpaired) electrons. The van der Waals surface area contributed by atoms with Gasteiger partial charge in [-0.25, -0.2) is 4.79 Å². The van der Waals surface area contributed by atoms with Gasteiger partial charge in [-0.2, -0.15) is 0 Å². The summed E-state index contributed by atoms with van der Waals surface area (Å²) in [5, 5.41) is 10.6. The zero-order valence-corrected chi connectivity index (χ0v) is 9.83. The number of carbonyl (C=O) groups excluding carboxylic acids is 1. The number of rotatable bonds is 2. The SMILES string of the molecule is COC(=O)c1c(Br)ccc(Cl)c1[N+](=O)[O-]. The fourth-order valence-electron chi connectivity index (χ4n) is 1.02. The van der Waals surface area contributed by atoms with Gasteiger partial charge in [0.2, 0.25) is 0 Å². The van der Waals surface area contributed by atoms with E-state index in [9.17, 15) is 14.9 Å². The lowest BCUT2D eigenvalue weighted by molar-refractivity contribution is -0.385. The molecule has 1 aromatic carbocycles. The van der Waals surface area contributed by atoms with Gasteiger partial charge < -0.3 is 4.74 Å². The minimum Gasteiger partial charge on any atom is -0.465 e. The summed E-state index contributed by atoms with van der Waals surface area (Å²) in [6.07, 6.45) is 0. The maximum absolute atomic E-state index is 11.3. The quantitative estimate of drug-likeness (QED) is 0.478. The molecule has 15 heavy (non-hydrogen) atoms. The van der Waals surface area contributed by atoms with E-state index in [1.54, 1.807) is 0 Å². The van der Waals surface area contributed by atoms with Crippen LogP contribution in [0.1, 0.15) is 10.4 Å². The zero-order valence-electron chi connectivity index (χ0n) is 7.49. The lowest BCUT2D eigenvalue weighted by Gasteiger charge is -2.04. The Morgan fingerprint density at radius 1 is 1.60 bits per heavy atom. The first-order valence-electron chi connectivity index (χ1n) is 3.69. The molecule has 1 aromatic rings. The van der Waals surface area contributed by atoms with E-state index in [2.05, 4.69) is 20.7 Å². The van der Waals surface area contributed by atoms with Gasteiger partial charge in [-0.1, -0.05) is 11.6 Å². The molecule has 1 rings (SSSR count). The third-order valence-electron chi connectivity index (χ3n) is 1.65. The van der Waals surface area contributed by atoms with Crippen LogP contribution in [0, 0.1) is 10.1 Å². The maximum Gasteiger partial charge on any atom is 0.346 e. The number of ether oxygens (including phenoxy) is 1. The first kappa shape index (κ1) is 11.9. The van der Waals surface area contributed by atoms with E-state index in [1.165, 1.54) is 12.1 Å². The summed E-state index contributed by atoms with van der Waals surface area (Å²) in [6.45, 7) is 0. The maximum atomic E-state index is 11.3. The van der Waals surface area contributed by atoms with Crippen molar-refractivity contribution in [1.29, 1.82) is 0 Å². The molecule has 0 N–H and O–H groups in total. The van der Waals surface area contributed by atoms with Gasteiger partial charge in [0.15, 0.2) is 5.56 Å². The lowest BCUT2D eigenvalue weighted by Crippen LogP contribution is -2.07. The summed E-state index contributed by atoms with van der Waals surface area (Å²) in [5.41, 5.74) is -0.645. The van der Waals surface area contributed by atoms with E-state index in [0.717, 1.165) is 7.11 Å². The summed E-state index contributed by atoms with van der Waals surface area (Å²) in [6, 6.07) is 2.78. The van der Waals surface area contributed by atoms with Gasteiger partial charge in [-0.15, -0.1) is 0 Å². The molecule has 0 heterocycles. The third kappa shape index (κ3) is 2.27. The van der Waals surface area contributed by atoms with Crippen LogP contribution in [-0.2, 0) is 4.74 Å². The average molecular weight is 294 g/mol. The van der Waals surface area contributed by atoms with Crippen molar-refractivity contribution in [2.45, 2.75) is 0 Å². The molecule has 7 heteroatoms. The second-order valence-corrected chi connectivity index (χ2v) is 3.76. The highest BCUT2D eigenvalue weighted by Gasteiger charge is 2.27. The summed E-state index contributed by atoms with van der Waals surface area (Å²) < 4.78 is 4.70. The van der Waals surface area contributed by atoms with Crippen LogP contribution in [-0.4, -0.2) is 18.0 Å². The molecule has 0 spiro atoms. The van der Waals surface area contributed by atoms with Crippen LogP contribution in [0.15, 0.2) is 16.6 Å². The van der Waals surface area contributed by atoms with Gasteiger partial charge >= 0.3 is 11.7 Å². The molecular formula is C8H5BrClNO4. The van der Waals surface area contributed by atoms with Crippen LogP contribution < -0.4 is 0 Å². The largest absolute Gasteiger partial charge is 0.465 e. The van der Waals surface area contributed by atoms with Crippen molar-refractivity contribution < 1.29 is 14.5 Å². The van der Waals surface area contributed by atoms with Crippen molar-refractivity contribution >= 4 is 39.2 Å². The first-order chi connectivity index (χ1) is 6.99. The Kier molecular flexibility index (Phi) is 3.65.